The molecule has 6 nitrogen and oxygen atoms in total. The molecule has 0 spiro atoms. The summed E-state index contributed by atoms with van der Waals surface area (Å²) in [4.78, 5) is 14.0. The lowest BCUT2D eigenvalue weighted by atomic mass is 10.1. The van der Waals surface area contributed by atoms with Gasteiger partial charge in [0.15, 0.2) is 20.8 Å². The van der Waals surface area contributed by atoms with Crippen LogP contribution in [0.4, 0.5) is 0 Å². The summed E-state index contributed by atoms with van der Waals surface area (Å²) in [6.07, 6.45) is 0.590. The molecule has 1 saturated heterocycles. The van der Waals surface area contributed by atoms with Gasteiger partial charge in [-0.25, -0.2) is 8.42 Å². The van der Waals surface area contributed by atoms with Gasteiger partial charge in [-0.15, -0.1) is 21.5 Å². The van der Waals surface area contributed by atoms with Gasteiger partial charge in [0.2, 0.25) is 0 Å². The molecular weight excluding hydrogens is 354 g/mol. The summed E-state index contributed by atoms with van der Waals surface area (Å²) in [5.74, 6) is 1.31. The molecule has 23 heavy (non-hydrogen) atoms. The van der Waals surface area contributed by atoms with Crippen LogP contribution in [0.15, 0.2) is 17.3 Å². The molecule has 2 aromatic rings. The van der Waals surface area contributed by atoms with Crippen LogP contribution in [0.1, 0.15) is 32.7 Å². The van der Waals surface area contributed by atoms with E-state index in [1.54, 1.807) is 0 Å². The number of thioether (sulfide) groups is 1. The van der Waals surface area contributed by atoms with Crippen molar-refractivity contribution in [2.24, 2.45) is 7.05 Å². The number of nitrogens with zero attached hydrogens (tertiary/aromatic N) is 3. The van der Waals surface area contributed by atoms with Gasteiger partial charge < -0.3 is 4.57 Å². The third kappa shape index (κ3) is 3.67. The summed E-state index contributed by atoms with van der Waals surface area (Å²) in [7, 11) is -1.13. The van der Waals surface area contributed by atoms with Gasteiger partial charge in [-0.1, -0.05) is 11.8 Å². The molecule has 0 radical (unpaired) electrons. The molecule has 0 amide bonds. The highest BCUT2D eigenvalue weighted by atomic mass is 32.2. The first-order valence-electron chi connectivity index (χ1n) is 7.18. The minimum absolute atomic E-state index is 0.0705. The summed E-state index contributed by atoms with van der Waals surface area (Å²) in [6, 6.07) is 3.78. The molecule has 2 aromatic heterocycles. The Balaban J connectivity index is 1.67. The first-order chi connectivity index (χ1) is 10.9. The predicted octanol–water partition coefficient (Wildman–Crippen LogP) is 2.06. The molecule has 0 aromatic carbocycles. The Kier molecular flexibility index (Phi) is 4.61. The lowest BCUT2D eigenvalue weighted by Gasteiger charge is -2.07. The third-order valence-electron chi connectivity index (χ3n) is 3.81. The minimum Gasteiger partial charge on any atom is -0.309 e. The standard InChI is InChI=1S/C14H17N3O3S3/c1-9-3-4-12(22-9)11(18)7-21-14-16-15-13(17(14)2)10-5-6-23(19,20)8-10/h3-4,10H,5-8H2,1-2H3/t10-/m1/s1. The van der Waals surface area contributed by atoms with Crippen molar-refractivity contribution in [3.05, 3.63) is 27.7 Å². The van der Waals surface area contributed by atoms with Crippen LogP contribution < -0.4 is 0 Å². The lowest BCUT2D eigenvalue weighted by molar-refractivity contribution is 0.102. The van der Waals surface area contributed by atoms with Crippen LogP contribution in [-0.4, -0.2) is 46.2 Å². The van der Waals surface area contributed by atoms with Crippen molar-refractivity contribution in [1.82, 2.24) is 14.8 Å². The highest BCUT2D eigenvalue weighted by Gasteiger charge is 2.32. The summed E-state index contributed by atoms with van der Waals surface area (Å²) in [6.45, 7) is 1.97. The number of aromatic nitrogens is 3. The van der Waals surface area contributed by atoms with Crippen LogP contribution in [0.3, 0.4) is 0 Å². The summed E-state index contributed by atoms with van der Waals surface area (Å²) >= 11 is 2.82. The third-order valence-corrected chi connectivity index (χ3v) is 7.64. The maximum Gasteiger partial charge on any atom is 0.191 e. The zero-order valence-electron chi connectivity index (χ0n) is 12.9. The van der Waals surface area contributed by atoms with Crippen LogP contribution >= 0.6 is 23.1 Å². The monoisotopic (exact) mass is 371 g/mol. The molecule has 0 aliphatic carbocycles. The first kappa shape index (κ1) is 16.7. The number of rotatable bonds is 5. The molecule has 1 aliphatic rings. The average Bonchev–Trinajstić information content (AvgIpc) is 3.16. The number of Topliss-reactive ketones (excluding diaryl/α,β-unsaturated/α-hetero) is 1. The van der Waals surface area contributed by atoms with Gasteiger partial charge in [0.05, 0.1) is 22.1 Å². The fourth-order valence-electron chi connectivity index (χ4n) is 2.59. The van der Waals surface area contributed by atoms with Gasteiger partial charge in [0.1, 0.15) is 5.82 Å². The highest BCUT2D eigenvalue weighted by molar-refractivity contribution is 7.99. The van der Waals surface area contributed by atoms with Gasteiger partial charge in [-0.3, -0.25) is 4.79 Å². The smallest absolute Gasteiger partial charge is 0.191 e. The number of hydrogen-bond acceptors (Lipinski definition) is 7. The van der Waals surface area contributed by atoms with Crippen molar-refractivity contribution < 1.29 is 13.2 Å². The van der Waals surface area contributed by atoms with Crippen molar-refractivity contribution in [2.75, 3.05) is 17.3 Å². The molecule has 1 aliphatic heterocycles. The molecule has 0 saturated carbocycles. The van der Waals surface area contributed by atoms with Crippen molar-refractivity contribution in [2.45, 2.75) is 24.4 Å². The fourth-order valence-corrected chi connectivity index (χ4v) is 6.03. The molecule has 9 heteroatoms. The van der Waals surface area contributed by atoms with Gasteiger partial charge in [0.25, 0.3) is 0 Å². The average molecular weight is 372 g/mol. The summed E-state index contributed by atoms with van der Waals surface area (Å²) in [5.41, 5.74) is 0. The maximum absolute atomic E-state index is 12.1. The Labute approximate surface area is 143 Å². The number of carbonyl (C=O) groups excluding carboxylic acids is 1. The van der Waals surface area contributed by atoms with E-state index in [0.29, 0.717) is 23.2 Å². The van der Waals surface area contributed by atoms with Gasteiger partial charge in [-0.2, -0.15) is 0 Å². The van der Waals surface area contributed by atoms with Crippen molar-refractivity contribution in [3.8, 4) is 0 Å². The molecule has 0 unspecified atom stereocenters. The zero-order valence-corrected chi connectivity index (χ0v) is 15.3. The van der Waals surface area contributed by atoms with E-state index in [-0.39, 0.29) is 23.2 Å². The van der Waals surface area contributed by atoms with E-state index in [4.69, 9.17) is 0 Å². The summed E-state index contributed by atoms with van der Waals surface area (Å²) < 4.78 is 25.0. The van der Waals surface area contributed by atoms with Gasteiger partial charge >= 0.3 is 0 Å². The van der Waals surface area contributed by atoms with Crippen LogP contribution in [0, 0.1) is 6.92 Å². The molecule has 3 rings (SSSR count). The molecular formula is C14H17N3O3S3. The highest BCUT2D eigenvalue weighted by Crippen LogP contribution is 2.29. The second-order valence-corrected chi connectivity index (χ2v) is 10.1. The Morgan fingerprint density at radius 1 is 1.43 bits per heavy atom. The molecule has 0 bridgehead atoms. The van der Waals surface area contributed by atoms with E-state index in [0.717, 1.165) is 9.75 Å². The van der Waals surface area contributed by atoms with E-state index in [1.807, 2.05) is 30.7 Å². The van der Waals surface area contributed by atoms with E-state index in [9.17, 15) is 13.2 Å². The van der Waals surface area contributed by atoms with E-state index in [1.165, 1.54) is 23.1 Å². The topological polar surface area (TPSA) is 81.9 Å². The molecule has 124 valence electrons. The van der Waals surface area contributed by atoms with Crippen molar-refractivity contribution in [3.63, 3.8) is 0 Å². The van der Waals surface area contributed by atoms with Crippen LogP contribution in [0.25, 0.3) is 0 Å². The lowest BCUT2D eigenvalue weighted by Crippen LogP contribution is -2.09. The van der Waals surface area contributed by atoms with Crippen molar-refractivity contribution in [1.29, 1.82) is 0 Å². The van der Waals surface area contributed by atoms with E-state index < -0.39 is 9.84 Å². The number of carbonyl (C=O) groups is 1. The quantitative estimate of drug-likeness (QED) is 0.591. The number of hydrogen-bond donors (Lipinski definition) is 0. The molecule has 1 fully saturated rings. The second kappa shape index (κ2) is 6.37. The minimum atomic E-state index is -2.95. The number of sulfone groups is 1. The van der Waals surface area contributed by atoms with Gasteiger partial charge in [0, 0.05) is 17.8 Å². The largest absolute Gasteiger partial charge is 0.309 e. The summed E-state index contributed by atoms with van der Waals surface area (Å²) in [5, 5.41) is 8.89. The normalized spacial score (nSPS) is 20.0. The van der Waals surface area contributed by atoms with E-state index in [2.05, 4.69) is 10.2 Å². The number of thiophene rings is 1. The van der Waals surface area contributed by atoms with Crippen LogP contribution in [-0.2, 0) is 16.9 Å². The van der Waals surface area contributed by atoms with Gasteiger partial charge in [-0.05, 0) is 25.5 Å². The molecule has 3 heterocycles. The Morgan fingerprint density at radius 2 is 2.22 bits per heavy atom. The molecule has 0 N–H and O–H groups in total. The SMILES string of the molecule is Cc1ccc(C(=O)CSc2nnc([C@@H]3CCS(=O)(=O)C3)n2C)s1. The second-order valence-electron chi connectivity index (χ2n) is 5.62. The number of aryl methyl sites for hydroxylation is 1. The Hall–Kier alpha value is -1.19. The van der Waals surface area contributed by atoms with E-state index >= 15 is 0 Å². The Bertz CT molecular complexity index is 839. The zero-order chi connectivity index (χ0) is 16.6. The Morgan fingerprint density at radius 3 is 2.83 bits per heavy atom. The van der Waals surface area contributed by atoms with Crippen LogP contribution in [0.2, 0.25) is 0 Å². The number of ketones is 1. The molecule has 1 atom stereocenters. The van der Waals surface area contributed by atoms with Crippen LogP contribution in [0.5, 0.6) is 0 Å². The maximum atomic E-state index is 12.1. The van der Waals surface area contributed by atoms with Crippen molar-refractivity contribution >= 4 is 38.7 Å². The first-order valence-corrected chi connectivity index (χ1v) is 10.8. The fraction of sp³-hybridized carbons (Fsp3) is 0.500. The predicted molar refractivity (Wildman–Crippen MR) is 91.1 cm³/mol.